The molecule has 2 unspecified atom stereocenters. The van der Waals surface area contributed by atoms with Gasteiger partial charge in [0.25, 0.3) is 0 Å². The van der Waals surface area contributed by atoms with Crippen LogP contribution in [0.25, 0.3) is 0 Å². The Morgan fingerprint density at radius 1 is 1.39 bits per heavy atom. The largest absolute Gasteiger partial charge is 0.416 e. The molecule has 1 fully saturated rings. The molecule has 0 spiro atoms. The van der Waals surface area contributed by atoms with E-state index in [1.165, 1.54) is 6.07 Å². The number of nitrogens with zero attached hydrogens (tertiary/aromatic N) is 1. The summed E-state index contributed by atoms with van der Waals surface area (Å²) in [5.41, 5.74) is 5.48. The first-order chi connectivity index (χ1) is 10.3. The van der Waals surface area contributed by atoms with Crippen molar-refractivity contribution in [2.24, 2.45) is 5.73 Å². The lowest BCUT2D eigenvalue weighted by atomic mass is 9.97. The number of halogens is 5. The average molecular weight is 418 g/mol. The van der Waals surface area contributed by atoms with Crippen LogP contribution in [0.15, 0.2) is 22.7 Å². The zero-order chi connectivity index (χ0) is 16.3. The summed E-state index contributed by atoms with van der Waals surface area (Å²) in [6.07, 6.45) is -2.66. The number of hydrogen-bond donors (Lipinski definition) is 1. The molecular formula is C15H21BrClF3N2O. The van der Waals surface area contributed by atoms with Gasteiger partial charge in [0.05, 0.1) is 11.7 Å². The van der Waals surface area contributed by atoms with Crippen LogP contribution < -0.4 is 5.73 Å². The van der Waals surface area contributed by atoms with Gasteiger partial charge in [-0.25, -0.2) is 0 Å². The summed E-state index contributed by atoms with van der Waals surface area (Å²) in [5, 5.41) is 0. The molecule has 1 heterocycles. The second kappa shape index (κ2) is 8.67. The third-order valence-electron chi connectivity index (χ3n) is 4.15. The zero-order valence-corrected chi connectivity index (χ0v) is 15.2. The summed E-state index contributed by atoms with van der Waals surface area (Å²) >= 11 is 3.11. The molecule has 0 radical (unpaired) electrons. The van der Waals surface area contributed by atoms with Crippen LogP contribution >= 0.6 is 28.3 Å². The Kier molecular flexibility index (Phi) is 7.80. The van der Waals surface area contributed by atoms with Crippen LogP contribution in [0, 0.1) is 0 Å². The molecule has 2 rings (SSSR count). The molecule has 8 heteroatoms. The van der Waals surface area contributed by atoms with Crippen LogP contribution in [0.2, 0.25) is 0 Å². The summed E-state index contributed by atoms with van der Waals surface area (Å²) < 4.78 is 45.4. The van der Waals surface area contributed by atoms with Crippen molar-refractivity contribution in [1.29, 1.82) is 0 Å². The fourth-order valence-electron chi connectivity index (χ4n) is 2.90. The maximum absolute atomic E-state index is 13.2. The van der Waals surface area contributed by atoms with Gasteiger partial charge >= 0.3 is 6.18 Å². The van der Waals surface area contributed by atoms with E-state index >= 15 is 0 Å². The zero-order valence-electron chi connectivity index (χ0n) is 12.8. The van der Waals surface area contributed by atoms with Crippen molar-refractivity contribution in [3.05, 3.63) is 33.8 Å². The highest BCUT2D eigenvalue weighted by Gasteiger charge is 2.35. The Hall–Kier alpha value is -0.340. The fourth-order valence-corrected chi connectivity index (χ4v) is 3.26. The van der Waals surface area contributed by atoms with Crippen molar-refractivity contribution in [3.8, 4) is 0 Å². The van der Waals surface area contributed by atoms with E-state index < -0.39 is 11.7 Å². The Morgan fingerprint density at radius 2 is 2.09 bits per heavy atom. The highest BCUT2D eigenvalue weighted by atomic mass is 79.9. The molecule has 0 bridgehead atoms. The van der Waals surface area contributed by atoms with Crippen molar-refractivity contribution in [3.63, 3.8) is 0 Å². The first-order valence-electron chi connectivity index (χ1n) is 7.17. The topological polar surface area (TPSA) is 38.5 Å². The molecular weight excluding hydrogens is 397 g/mol. The molecule has 0 amide bonds. The van der Waals surface area contributed by atoms with E-state index in [1.54, 1.807) is 13.2 Å². The summed E-state index contributed by atoms with van der Waals surface area (Å²) in [7, 11) is 1.66. The maximum atomic E-state index is 13.2. The number of nitrogens with two attached hydrogens (primary N) is 1. The van der Waals surface area contributed by atoms with E-state index in [0.717, 1.165) is 18.9 Å². The number of methoxy groups -OCH3 is 1. The first kappa shape index (κ1) is 20.7. The molecule has 2 N–H and O–H groups in total. The van der Waals surface area contributed by atoms with Gasteiger partial charge in [-0.3, -0.25) is 4.90 Å². The number of benzene rings is 1. The molecule has 1 aromatic carbocycles. The highest BCUT2D eigenvalue weighted by molar-refractivity contribution is 9.10. The predicted octanol–water partition coefficient (Wildman–Crippen LogP) is 3.83. The molecule has 23 heavy (non-hydrogen) atoms. The summed E-state index contributed by atoms with van der Waals surface area (Å²) in [6, 6.07) is 4.35. The van der Waals surface area contributed by atoms with Gasteiger partial charge in [-0.05, 0) is 30.5 Å². The molecule has 2 atom stereocenters. The van der Waals surface area contributed by atoms with Crippen LogP contribution in [-0.2, 0) is 17.5 Å². The van der Waals surface area contributed by atoms with Crippen molar-refractivity contribution in [2.45, 2.75) is 37.7 Å². The average Bonchev–Trinajstić information content (AvgIpc) is 2.48. The van der Waals surface area contributed by atoms with E-state index in [9.17, 15) is 13.2 Å². The van der Waals surface area contributed by atoms with Gasteiger partial charge < -0.3 is 10.5 Å². The molecule has 1 saturated heterocycles. The summed E-state index contributed by atoms with van der Waals surface area (Å²) in [5.74, 6) is 0. The molecule has 0 aromatic heterocycles. The monoisotopic (exact) mass is 416 g/mol. The quantitative estimate of drug-likeness (QED) is 0.809. The predicted molar refractivity (Wildman–Crippen MR) is 89.7 cm³/mol. The van der Waals surface area contributed by atoms with E-state index in [1.807, 2.05) is 4.90 Å². The lowest BCUT2D eigenvalue weighted by Gasteiger charge is -2.38. The Bertz CT molecular complexity index is 516. The second-order valence-corrected chi connectivity index (χ2v) is 6.46. The Morgan fingerprint density at radius 3 is 2.65 bits per heavy atom. The minimum absolute atomic E-state index is 0. The van der Waals surface area contributed by atoms with Crippen molar-refractivity contribution >= 4 is 28.3 Å². The van der Waals surface area contributed by atoms with Crippen molar-refractivity contribution < 1.29 is 17.9 Å². The van der Waals surface area contributed by atoms with Crippen LogP contribution in [0.1, 0.15) is 24.0 Å². The van der Waals surface area contributed by atoms with Gasteiger partial charge in [-0.2, -0.15) is 13.2 Å². The number of hydrogen-bond acceptors (Lipinski definition) is 3. The highest BCUT2D eigenvalue weighted by Crippen LogP contribution is 2.35. The van der Waals surface area contributed by atoms with Gasteiger partial charge in [0.15, 0.2) is 0 Å². The molecule has 0 aliphatic carbocycles. The summed E-state index contributed by atoms with van der Waals surface area (Å²) in [4.78, 5) is 2.02. The lowest BCUT2D eigenvalue weighted by Crippen LogP contribution is -2.48. The molecule has 132 valence electrons. The SMILES string of the molecule is COC1CCN(Cc2ccc(Br)cc2C(F)(F)F)C(CN)C1.Cl. The third kappa shape index (κ3) is 5.32. The molecule has 1 aliphatic heterocycles. The van der Waals surface area contributed by atoms with Gasteiger partial charge in [-0.15, -0.1) is 12.4 Å². The number of ether oxygens (including phenoxy) is 1. The van der Waals surface area contributed by atoms with Crippen LogP contribution in [0.3, 0.4) is 0 Å². The van der Waals surface area contributed by atoms with E-state index in [0.29, 0.717) is 17.6 Å². The van der Waals surface area contributed by atoms with Gasteiger partial charge in [-0.1, -0.05) is 22.0 Å². The third-order valence-corrected chi connectivity index (χ3v) is 4.64. The minimum atomic E-state index is -4.36. The molecule has 1 aromatic rings. The van der Waals surface area contributed by atoms with E-state index in [2.05, 4.69) is 15.9 Å². The van der Waals surface area contributed by atoms with Gasteiger partial charge in [0.2, 0.25) is 0 Å². The van der Waals surface area contributed by atoms with Crippen LogP contribution in [0.4, 0.5) is 13.2 Å². The maximum Gasteiger partial charge on any atom is 0.416 e. The first-order valence-corrected chi connectivity index (χ1v) is 7.97. The second-order valence-electron chi connectivity index (χ2n) is 5.54. The standard InChI is InChI=1S/C15H20BrF3N2O.ClH/c1-22-13-4-5-21(12(7-13)8-20)9-10-2-3-11(16)6-14(10)15(17,18)19;/h2-3,6,12-13H,4-5,7-9,20H2,1H3;1H. The lowest BCUT2D eigenvalue weighted by molar-refractivity contribution is -0.138. The normalized spacial score (nSPS) is 22.7. The fraction of sp³-hybridized carbons (Fsp3) is 0.600. The van der Waals surface area contributed by atoms with Crippen LogP contribution in [-0.4, -0.2) is 37.2 Å². The molecule has 1 aliphatic rings. The molecule has 3 nitrogen and oxygen atoms in total. The number of piperidine rings is 1. The van der Waals surface area contributed by atoms with E-state index in [-0.39, 0.29) is 36.7 Å². The Labute approximate surface area is 148 Å². The number of likely N-dealkylation sites (tertiary alicyclic amines) is 1. The molecule has 0 saturated carbocycles. The smallest absolute Gasteiger partial charge is 0.381 e. The van der Waals surface area contributed by atoms with Gasteiger partial charge in [0, 0.05) is 37.3 Å². The van der Waals surface area contributed by atoms with E-state index in [4.69, 9.17) is 10.5 Å². The minimum Gasteiger partial charge on any atom is -0.381 e. The van der Waals surface area contributed by atoms with Crippen LogP contribution in [0.5, 0.6) is 0 Å². The Balaban J connectivity index is 0.00000264. The van der Waals surface area contributed by atoms with Crippen molar-refractivity contribution in [1.82, 2.24) is 4.90 Å². The number of rotatable bonds is 4. The van der Waals surface area contributed by atoms with Gasteiger partial charge in [0.1, 0.15) is 0 Å². The summed E-state index contributed by atoms with van der Waals surface area (Å²) in [6.45, 7) is 1.35. The van der Waals surface area contributed by atoms with Crippen molar-refractivity contribution in [2.75, 3.05) is 20.2 Å². The number of alkyl halides is 3.